The molecule has 0 saturated heterocycles. The summed E-state index contributed by atoms with van der Waals surface area (Å²) in [5.41, 5.74) is -1.59. The van der Waals surface area contributed by atoms with Gasteiger partial charge in [-0.2, -0.15) is 0 Å². The van der Waals surface area contributed by atoms with Crippen LogP contribution in [0.5, 0.6) is 11.6 Å². The van der Waals surface area contributed by atoms with E-state index in [1.807, 2.05) is 0 Å². The molecule has 1 heterocycles. The Labute approximate surface area is 142 Å². The maximum atomic E-state index is 12.3. The Balaban J connectivity index is 2.49. The minimum absolute atomic E-state index is 0.307. The number of benzene rings is 1. The summed E-state index contributed by atoms with van der Waals surface area (Å²) < 4.78 is 6.65. The molecular weight excluding hydrogens is 336 g/mol. The van der Waals surface area contributed by atoms with Gasteiger partial charge in [0.15, 0.2) is 5.78 Å². The van der Waals surface area contributed by atoms with Gasteiger partial charge >= 0.3 is 5.69 Å². The van der Waals surface area contributed by atoms with E-state index in [9.17, 15) is 19.5 Å². The van der Waals surface area contributed by atoms with Crippen LogP contribution in [0, 0.1) is 0 Å². The van der Waals surface area contributed by atoms with Crippen LogP contribution in [-0.4, -0.2) is 27.1 Å². The molecule has 8 heteroatoms. The third-order valence-corrected chi connectivity index (χ3v) is 3.91. The van der Waals surface area contributed by atoms with Crippen molar-refractivity contribution in [1.29, 1.82) is 0 Å². The molecule has 0 saturated carbocycles. The largest absolute Gasteiger partial charge is 0.495 e. The van der Waals surface area contributed by atoms with E-state index >= 15 is 0 Å². The lowest BCUT2D eigenvalue weighted by Crippen LogP contribution is -2.39. The normalized spacial score (nSPS) is 11.0. The molecule has 0 bridgehead atoms. The first-order valence-electron chi connectivity index (χ1n) is 6.83. The minimum atomic E-state index is -0.873. The van der Waals surface area contributed by atoms with Crippen LogP contribution in [0.25, 0.3) is 6.08 Å². The number of hydrogen-bond acceptors (Lipinski definition) is 5. The molecule has 1 aromatic heterocycles. The first-order chi connectivity index (χ1) is 11.3. The van der Waals surface area contributed by atoms with Crippen molar-refractivity contribution in [2.45, 2.75) is 0 Å². The molecule has 0 aliphatic carbocycles. The second-order valence-corrected chi connectivity index (χ2v) is 5.34. The molecule has 0 aliphatic heterocycles. The minimum Gasteiger partial charge on any atom is -0.495 e. The van der Waals surface area contributed by atoms with Gasteiger partial charge in [0.05, 0.1) is 12.1 Å². The number of methoxy groups -OCH3 is 1. The van der Waals surface area contributed by atoms with Crippen molar-refractivity contribution in [1.82, 2.24) is 9.13 Å². The molecule has 2 aromatic rings. The first kappa shape index (κ1) is 17.6. The van der Waals surface area contributed by atoms with Gasteiger partial charge in [0.25, 0.3) is 5.56 Å². The Bertz CT molecular complexity index is 956. The van der Waals surface area contributed by atoms with Gasteiger partial charge in [0, 0.05) is 14.1 Å². The number of carbonyl (C=O) groups excluding carboxylic acids is 1. The van der Waals surface area contributed by atoms with E-state index < -0.39 is 28.5 Å². The maximum absolute atomic E-state index is 12.3. The number of rotatable bonds is 4. The number of aromatic hydroxyl groups is 1. The number of nitrogens with zero attached hydrogens (tertiary/aromatic N) is 2. The summed E-state index contributed by atoms with van der Waals surface area (Å²) in [6, 6.07) is 5.01. The molecule has 1 N–H and O–H groups in total. The zero-order valence-electron chi connectivity index (χ0n) is 13.2. The SMILES string of the molecule is COc1cccc(C=CC(=O)c2c(O)n(C)c(=O)n(C)c2=O)c1Cl. The molecule has 0 unspecified atom stereocenters. The lowest BCUT2D eigenvalue weighted by atomic mass is 10.1. The van der Waals surface area contributed by atoms with Crippen molar-refractivity contribution in [3.63, 3.8) is 0 Å². The standard InChI is InChI=1S/C16H15ClN2O5/c1-18-14(21)12(15(22)19(2)16(18)23)10(20)8-7-9-5-4-6-11(24-3)13(9)17/h4-8,21H,1-3H3. The highest BCUT2D eigenvalue weighted by Crippen LogP contribution is 2.28. The molecule has 0 radical (unpaired) electrons. The molecule has 0 aliphatic rings. The second-order valence-electron chi connectivity index (χ2n) is 4.97. The van der Waals surface area contributed by atoms with Crippen molar-refractivity contribution < 1.29 is 14.6 Å². The van der Waals surface area contributed by atoms with Crippen LogP contribution in [0.1, 0.15) is 15.9 Å². The van der Waals surface area contributed by atoms with E-state index in [0.29, 0.717) is 16.3 Å². The van der Waals surface area contributed by atoms with E-state index in [1.165, 1.54) is 27.3 Å². The van der Waals surface area contributed by atoms with Gasteiger partial charge in [-0.1, -0.05) is 23.7 Å². The third-order valence-electron chi connectivity index (χ3n) is 3.51. The molecule has 7 nitrogen and oxygen atoms in total. The zero-order valence-corrected chi connectivity index (χ0v) is 14.0. The fourth-order valence-electron chi connectivity index (χ4n) is 2.11. The summed E-state index contributed by atoms with van der Waals surface area (Å²) in [5, 5.41) is 10.2. The van der Waals surface area contributed by atoms with Gasteiger partial charge in [-0.25, -0.2) is 4.79 Å². The second kappa shape index (κ2) is 6.76. The number of halogens is 1. The highest BCUT2D eigenvalue weighted by atomic mass is 35.5. The summed E-state index contributed by atoms with van der Waals surface area (Å²) in [4.78, 5) is 36.0. The molecule has 0 fully saturated rings. The highest BCUT2D eigenvalue weighted by Gasteiger charge is 2.19. The summed E-state index contributed by atoms with van der Waals surface area (Å²) in [6.07, 6.45) is 2.50. The monoisotopic (exact) mass is 350 g/mol. The highest BCUT2D eigenvalue weighted by molar-refractivity contribution is 6.33. The van der Waals surface area contributed by atoms with Gasteiger partial charge in [-0.3, -0.25) is 18.7 Å². The van der Waals surface area contributed by atoms with E-state index in [0.717, 1.165) is 15.2 Å². The van der Waals surface area contributed by atoms with Crippen LogP contribution in [-0.2, 0) is 14.1 Å². The number of ketones is 1. The van der Waals surface area contributed by atoms with Crippen LogP contribution >= 0.6 is 11.6 Å². The Hall–Kier alpha value is -2.80. The van der Waals surface area contributed by atoms with Crippen LogP contribution < -0.4 is 16.0 Å². The van der Waals surface area contributed by atoms with Gasteiger partial charge in [0.1, 0.15) is 11.3 Å². The molecule has 2 rings (SSSR count). The lowest BCUT2D eigenvalue weighted by molar-refractivity contribution is 0.104. The number of ether oxygens (including phenoxy) is 1. The molecule has 0 atom stereocenters. The van der Waals surface area contributed by atoms with E-state index in [-0.39, 0.29) is 0 Å². The van der Waals surface area contributed by atoms with E-state index in [4.69, 9.17) is 16.3 Å². The van der Waals surface area contributed by atoms with Gasteiger partial charge in [0.2, 0.25) is 5.88 Å². The van der Waals surface area contributed by atoms with Crippen molar-refractivity contribution in [2.24, 2.45) is 14.1 Å². The van der Waals surface area contributed by atoms with Gasteiger partial charge in [-0.05, 0) is 23.8 Å². The summed E-state index contributed by atoms with van der Waals surface area (Å²) in [6.45, 7) is 0. The number of aromatic nitrogens is 2. The van der Waals surface area contributed by atoms with Crippen molar-refractivity contribution >= 4 is 23.5 Å². The van der Waals surface area contributed by atoms with Gasteiger partial charge < -0.3 is 9.84 Å². The predicted molar refractivity (Wildman–Crippen MR) is 90.0 cm³/mol. The topological polar surface area (TPSA) is 90.5 Å². The quantitative estimate of drug-likeness (QED) is 0.664. The molecule has 24 heavy (non-hydrogen) atoms. The first-order valence-corrected chi connectivity index (χ1v) is 7.21. The smallest absolute Gasteiger partial charge is 0.333 e. The zero-order chi connectivity index (χ0) is 18.0. The lowest BCUT2D eigenvalue weighted by Gasteiger charge is -2.08. The van der Waals surface area contributed by atoms with Gasteiger partial charge in [-0.15, -0.1) is 0 Å². The molecule has 0 amide bonds. The maximum Gasteiger partial charge on any atom is 0.333 e. The molecule has 126 valence electrons. The third kappa shape index (κ3) is 2.98. The van der Waals surface area contributed by atoms with E-state index in [1.54, 1.807) is 18.2 Å². The average Bonchev–Trinajstić information content (AvgIpc) is 2.57. The average molecular weight is 351 g/mol. The van der Waals surface area contributed by atoms with Crippen molar-refractivity contribution in [2.75, 3.05) is 7.11 Å². The molecular formula is C16H15ClN2O5. The predicted octanol–water partition coefficient (Wildman–Crippen LogP) is 1.35. The van der Waals surface area contributed by atoms with E-state index in [2.05, 4.69) is 0 Å². The fourth-order valence-corrected chi connectivity index (χ4v) is 2.38. The fraction of sp³-hybridized carbons (Fsp3) is 0.188. The van der Waals surface area contributed by atoms with Crippen LogP contribution in [0.3, 0.4) is 0 Å². The number of hydrogen-bond donors (Lipinski definition) is 1. The summed E-state index contributed by atoms with van der Waals surface area (Å²) >= 11 is 6.12. The summed E-state index contributed by atoms with van der Waals surface area (Å²) in [7, 11) is 3.95. The van der Waals surface area contributed by atoms with Crippen molar-refractivity contribution in [3.05, 3.63) is 61.3 Å². The van der Waals surface area contributed by atoms with Crippen LogP contribution in [0.2, 0.25) is 5.02 Å². The molecule has 0 spiro atoms. The Morgan fingerprint density at radius 1 is 1.25 bits per heavy atom. The number of carbonyl (C=O) groups is 1. The van der Waals surface area contributed by atoms with Crippen LogP contribution in [0.4, 0.5) is 0 Å². The Morgan fingerprint density at radius 3 is 2.54 bits per heavy atom. The Morgan fingerprint density at radius 2 is 1.92 bits per heavy atom. The Kier molecular flexibility index (Phi) is 4.94. The van der Waals surface area contributed by atoms with Crippen LogP contribution in [0.15, 0.2) is 33.9 Å². The number of allylic oxidation sites excluding steroid dienone is 1. The van der Waals surface area contributed by atoms with Crippen molar-refractivity contribution in [3.8, 4) is 11.6 Å². The molecule has 1 aromatic carbocycles. The summed E-state index contributed by atoms with van der Waals surface area (Å²) in [5.74, 6) is -0.996.